The van der Waals surface area contributed by atoms with Gasteiger partial charge in [0, 0.05) is 0 Å². The molecule has 0 radical (unpaired) electrons. The molecule has 3 nitrogen and oxygen atoms in total. The van der Waals surface area contributed by atoms with Crippen molar-refractivity contribution in [3.8, 4) is 0 Å². The maximum absolute atomic E-state index is 6.65. The van der Waals surface area contributed by atoms with E-state index in [4.69, 9.17) is 13.9 Å². The normalized spacial score (nSPS) is 31.0. The number of hydrogen-bond donors (Lipinski definition) is 0. The van der Waals surface area contributed by atoms with Crippen LogP contribution in [0, 0.1) is 5.92 Å². The van der Waals surface area contributed by atoms with Gasteiger partial charge in [-0.1, -0.05) is 33.8 Å². The van der Waals surface area contributed by atoms with E-state index in [1.54, 1.807) is 0 Å². The summed E-state index contributed by atoms with van der Waals surface area (Å²) < 4.78 is 19.0. The smallest absolute Gasteiger partial charge is 0.192 e. The van der Waals surface area contributed by atoms with Gasteiger partial charge < -0.3 is 13.9 Å². The maximum Gasteiger partial charge on any atom is 0.192 e. The van der Waals surface area contributed by atoms with Crippen LogP contribution in [0.3, 0.4) is 0 Å². The van der Waals surface area contributed by atoms with Crippen LogP contribution in [0.5, 0.6) is 0 Å². The fourth-order valence-electron chi connectivity index (χ4n) is 2.53. The second-order valence-corrected chi connectivity index (χ2v) is 13.4. The molecule has 0 N–H and O–H groups in total. The summed E-state index contributed by atoms with van der Waals surface area (Å²) in [6.07, 6.45) is 5.04. The largest absolute Gasteiger partial charge is 0.409 e. The van der Waals surface area contributed by atoms with Gasteiger partial charge in [0.2, 0.25) is 0 Å². The van der Waals surface area contributed by atoms with Gasteiger partial charge in [-0.15, -0.1) is 6.58 Å². The first-order valence-corrected chi connectivity index (χ1v) is 12.0. The van der Waals surface area contributed by atoms with Crippen molar-refractivity contribution in [3.05, 3.63) is 12.7 Å². The average Bonchev–Trinajstić information content (AvgIpc) is 2.40. The molecule has 0 aromatic rings. The van der Waals surface area contributed by atoms with Crippen LogP contribution in [0.15, 0.2) is 12.7 Å². The van der Waals surface area contributed by atoms with Crippen molar-refractivity contribution in [2.45, 2.75) is 104 Å². The maximum atomic E-state index is 6.65. The van der Waals surface area contributed by atoms with E-state index >= 15 is 0 Å². The molecule has 1 saturated heterocycles. The Morgan fingerprint density at radius 1 is 1.30 bits per heavy atom. The van der Waals surface area contributed by atoms with E-state index in [-0.39, 0.29) is 29.6 Å². The molecule has 1 rings (SSSR count). The predicted molar refractivity (Wildman–Crippen MR) is 100 cm³/mol. The summed E-state index contributed by atoms with van der Waals surface area (Å²) >= 11 is 0. The first kappa shape index (κ1) is 20.9. The Labute approximate surface area is 144 Å². The molecule has 0 aliphatic carbocycles. The molecule has 1 aliphatic heterocycles. The zero-order valence-electron chi connectivity index (χ0n) is 16.5. The molecule has 0 bridgehead atoms. The fourth-order valence-corrected chi connectivity index (χ4v) is 3.85. The average molecular weight is 343 g/mol. The highest BCUT2D eigenvalue weighted by molar-refractivity contribution is 6.74. The van der Waals surface area contributed by atoms with Gasteiger partial charge in [-0.25, -0.2) is 0 Å². The Bertz CT molecular complexity index is 375. The lowest BCUT2D eigenvalue weighted by Gasteiger charge is -2.45. The molecule has 0 aromatic heterocycles. The molecule has 1 aliphatic rings. The van der Waals surface area contributed by atoms with E-state index in [1.165, 1.54) is 0 Å². The van der Waals surface area contributed by atoms with E-state index in [9.17, 15) is 0 Å². The number of hydrogen-bond acceptors (Lipinski definition) is 3. The summed E-state index contributed by atoms with van der Waals surface area (Å²) in [4.78, 5) is 0. The van der Waals surface area contributed by atoms with Crippen molar-refractivity contribution in [1.82, 2.24) is 0 Å². The first-order chi connectivity index (χ1) is 10.5. The third-order valence-corrected chi connectivity index (χ3v) is 9.96. The van der Waals surface area contributed by atoms with Crippen molar-refractivity contribution in [1.29, 1.82) is 0 Å². The minimum absolute atomic E-state index is 0.0354. The van der Waals surface area contributed by atoms with Crippen LogP contribution in [0.25, 0.3) is 0 Å². The van der Waals surface area contributed by atoms with Crippen LogP contribution in [-0.4, -0.2) is 32.9 Å². The third-order valence-electron chi connectivity index (χ3n) is 5.45. The fraction of sp³-hybridized carbons (Fsp3) is 0.895. The van der Waals surface area contributed by atoms with Crippen LogP contribution in [-0.2, 0) is 13.9 Å². The van der Waals surface area contributed by atoms with E-state index < -0.39 is 8.32 Å². The minimum atomic E-state index is -1.84. The summed E-state index contributed by atoms with van der Waals surface area (Å²) in [5.41, 5.74) is 0. The Kier molecular flexibility index (Phi) is 7.52. The molecule has 1 heterocycles. The van der Waals surface area contributed by atoms with E-state index in [2.05, 4.69) is 61.2 Å². The zero-order chi connectivity index (χ0) is 17.8. The zero-order valence-corrected chi connectivity index (χ0v) is 17.5. The molecule has 136 valence electrons. The molecular weight excluding hydrogens is 304 g/mol. The molecule has 5 atom stereocenters. The molecular formula is C19H38O3Si. The van der Waals surface area contributed by atoms with E-state index in [0.29, 0.717) is 5.92 Å². The van der Waals surface area contributed by atoms with Crippen LogP contribution in [0.2, 0.25) is 18.1 Å². The van der Waals surface area contributed by atoms with Crippen LogP contribution >= 0.6 is 0 Å². The van der Waals surface area contributed by atoms with Gasteiger partial charge in [0.15, 0.2) is 14.6 Å². The van der Waals surface area contributed by atoms with Crippen LogP contribution < -0.4 is 0 Å². The highest BCUT2D eigenvalue weighted by atomic mass is 28.4. The van der Waals surface area contributed by atoms with Crippen LogP contribution in [0.1, 0.15) is 60.8 Å². The monoisotopic (exact) mass is 342 g/mol. The highest BCUT2D eigenvalue weighted by Crippen LogP contribution is 2.40. The topological polar surface area (TPSA) is 27.7 Å². The second-order valence-electron chi connectivity index (χ2n) is 8.65. The first-order valence-electron chi connectivity index (χ1n) is 9.07. The molecule has 0 amide bonds. The van der Waals surface area contributed by atoms with Crippen molar-refractivity contribution < 1.29 is 13.9 Å². The van der Waals surface area contributed by atoms with Crippen molar-refractivity contribution in [2.24, 2.45) is 5.92 Å². The second kappa shape index (κ2) is 8.28. The quantitative estimate of drug-likeness (QED) is 0.450. The van der Waals surface area contributed by atoms with Gasteiger partial charge in [0.05, 0.1) is 18.3 Å². The van der Waals surface area contributed by atoms with Gasteiger partial charge >= 0.3 is 0 Å². The van der Waals surface area contributed by atoms with Crippen LogP contribution in [0.4, 0.5) is 0 Å². The Morgan fingerprint density at radius 3 is 2.43 bits per heavy atom. The Hall–Kier alpha value is -0.163. The standard InChI is InChI=1S/C19H38O3Si/c1-10-11-12-15(3)20-18-17(13-14(2)16(4)21-18)22-23(8,9)19(5,6)7/h10,14-18H,1,11-13H2,2-9H3/t14-,15-,16+,17-,18-/m1/s1. The minimum Gasteiger partial charge on any atom is -0.409 e. The molecule has 0 saturated carbocycles. The molecule has 0 spiro atoms. The lowest BCUT2D eigenvalue weighted by Crippen LogP contribution is -2.53. The summed E-state index contributed by atoms with van der Waals surface area (Å²) in [5, 5.41) is 0.193. The molecule has 0 unspecified atom stereocenters. The molecule has 1 fully saturated rings. The summed E-state index contributed by atoms with van der Waals surface area (Å²) in [7, 11) is -1.84. The van der Waals surface area contributed by atoms with Gasteiger partial charge in [-0.3, -0.25) is 0 Å². The van der Waals surface area contributed by atoms with Gasteiger partial charge in [0.25, 0.3) is 0 Å². The summed E-state index contributed by atoms with van der Waals surface area (Å²) in [5.74, 6) is 0.494. The Balaban J connectivity index is 2.80. The molecule has 0 aromatic carbocycles. The molecule has 23 heavy (non-hydrogen) atoms. The SMILES string of the molecule is C=CCC[C@@H](C)O[C@@H]1O[C@@H](C)[C@H](C)C[C@H]1O[Si](C)(C)C(C)(C)C. The molecule has 4 heteroatoms. The van der Waals surface area contributed by atoms with Crippen molar-refractivity contribution in [2.75, 3.05) is 0 Å². The van der Waals surface area contributed by atoms with E-state index in [0.717, 1.165) is 19.3 Å². The van der Waals surface area contributed by atoms with E-state index in [1.807, 2.05) is 6.08 Å². The van der Waals surface area contributed by atoms with Gasteiger partial charge in [0.1, 0.15) is 0 Å². The predicted octanol–water partition coefficient (Wildman–Crippen LogP) is 5.52. The lowest BCUT2D eigenvalue weighted by molar-refractivity contribution is -0.259. The number of rotatable bonds is 7. The summed E-state index contributed by atoms with van der Waals surface area (Å²) in [6.45, 7) is 21.7. The Morgan fingerprint density at radius 2 is 1.91 bits per heavy atom. The summed E-state index contributed by atoms with van der Waals surface area (Å²) in [6, 6.07) is 0. The number of allylic oxidation sites excluding steroid dienone is 1. The lowest BCUT2D eigenvalue weighted by atomic mass is 9.95. The van der Waals surface area contributed by atoms with Crippen molar-refractivity contribution in [3.63, 3.8) is 0 Å². The number of ether oxygens (including phenoxy) is 2. The van der Waals surface area contributed by atoms with Gasteiger partial charge in [-0.05, 0) is 57.2 Å². The highest BCUT2D eigenvalue weighted by Gasteiger charge is 2.44. The van der Waals surface area contributed by atoms with Crippen molar-refractivity contribution >= 4 is 8.32 Å². The third kappa shape index (κ3) is 6.00. The van der Waals surface area contributed by atoms with Gasteiger partial charge in [-0.2, -0.15) is 0 Å².